The van der Waals surface area contributed by atoms with Crippen molar-refractivity contribution >= 4 is 21.8 Å². The van der Waals surface area contributed by atoms with Gasteiger partial charge in [0.1, 0.15) is 5.82 Å². The van der Waals surface area contributed by atoms with Crippen LogP contribution in [0.5, 0.6) is 0 Å². The number of rotatable bonds is 4. The van der Waals surface area contributed by atoms with Crippen LogP contribution in [-0.4, -0.2) is 5.91 Å². The Kier molecular flexibility index (Phi) is 4.68. The summed E-state index contributed by atoms with van der Waals surface area (Å²) in [4.78, 5) is 11.7. The Labute approximate surface area is 119 Å². The summed E-state index contributed by atoms with van der Waals surface area (Å²) in [5.41, 5.74) is 1.42. The summed E-state index contributed by atoms with van der Waals surface area (Å²) in [6, 6.07) is 14.0. The highest BCUT2D eigenvalue weighted by Gasteiger charge is 2.07. The smallest absolute Gasteiger partial charge is 0.224 e. The van der Waals surface area contributed by atoms with Crippen LogP contribution in [-0.2, 0) is 17.8 Å². The van der Waals surface area contributed by atoms with Crippen molar-refractivity contribution in [1.29, 1.82) is 0 Å². The molecule has 19 heavy (non-hydrogen) atoms. The van der Waals surface area contributed by atoms with Crippen LogP contribution in [0.1, 0.15) is 11.1 Å². The van der Waals surface area contributed by atoms with Crippen LogP contribution in [0.2, 0.25) is 0 Å². The number of halogens is 2. The van der Waals surface area contributed by atoms with E-state index in [0.29, 0.717) is 12.1 Å². The second-order valence-electron chi connectivity index (χ2n) is 4.17. The summed E-state index contributed by atoms with van der Waals surface area (Å²) in [5, 5.41) is 2.77. The fraction of sp³-hybridized carbons (Fsp3) is 0.133. The summed E-state index contributed by atoms with van der Waals surface area (Å²) in [5.74, 6) is -0.533. The van der Waals surface area contributed by atoms with Crippen LogP contribution >= 0.6 is 15.9 Å². The van der Waals surface area contributed by atoms with Crippen molar-refractivity contribution in [2.45, 2.75) is 13.0 Å². The summed E-state index contributed by atoms with van der Waals surface area (Å²) in [7, 11) is 0. The topological polar surface area (TPSA) is 29.1 Å². The number of carbonyl (C=O) groups is 1. The van der Waals surface area contributed by atoms with Crippen molar-refractivity contribution in [2.75, 3.05) is 0 Å². The summed E-state index contributed by atoms with van der Waals surface area (Å²) < 4.78 is 14.4. The Morgan fingerprint density at radius 2 is 1.79 bits per heavy atom. The normalized spacial score (nSPS) is 10.2. The predicted molar refractivity (Wildman–Crippen MR) is 76.1 cm³/mol. The minimum atomic E-state index is -0.346. The Balaban J connectivity index is 1.88. The van der Waals surface area contributed by atoms with Gasteiger partial charge in [0.05, 0.1) is 6.42 Å². The molecule has 0 saturated heterocycles. The molecule has 4 heteroatoms. The molecule has 0 heterocycles. The van der Waals surface area contributed by atoms with E-state index >= 15 is 0 Å². The van der Waals surface area contributed by atoms with E-state index in [9.17, 15) is 9.18 Å². The third-order valence-corrected chi connectivity index (χ3v) is 3.24. The lowest BCUT2D eigenvalue weighted by molar-refractivity contribution is -0.120. The molecule has 1 amide bonds. The minimum Gasteiger partial charge on any atom is -0.352 e. The van der Waals surface area contributed by atoms with E-state index in [4.69, 9.17) is 0 Å². The molecule has 0 aliphatic rings. The number of nitrogens with one attached hydrogen (secondary N) is 1. The highest BCUT2D eigenvalue weighted by Crippen LogP contribution is 2.10. The zero-order chi connectivity index (χ0) is 13.7. The lowest BCUT2D eigenvalue weighted by Crippen LogP contribution is -2.24. The molecule has 2 aromatic rings. The summed E-state index contributed by atoms with van der Waals surface area (Å²) in [6.07, 6.45) is 0.0587. The number of carbonyl (C=O) groups excluding carboxylic acids is 1. The molecule has 0 spiro atoms. The molecule has 0 aliphatic carbocycles. The van der Waals surface area contributed by atoms with Gasteiger partial charge in [0, 0.05) is 11.0 Å². The van der Waals surface area contributed by atoms with Crippen LogP contribution in [0, 0.1) is 5.82 Å². The monoisotopic (exact) mass is 321 g/mol. The summed E-state index contributed by atoms with van der Waals surface area (Å²) in [6.45, 7) is 0.445. The SMILES string of the molecule is O=C(Cc1ccccc1F)NCc1ccc(Br)cc1. The zero-order valence-corrected chi connectivity index (χ0v) is 11.8. The molecule has 98 valence electrons. The Morgan fingerprint density at radius 3 is 2.47 bits per heavy atom. The standard InChI is InChI=1S/C15H13BrFNO/c16-13-7-5-11(6-8-13)10-18-15(19)9-12-3-1-2-4-14(12)17/h1-8H,9-10H2,(H,18,19). The quantitative estimate of drug-likeness (QED) is 0.918. The van der Waals surface area contributed by atoms with Crippen LogP contribution in [0.15, 0.2) is 53.0 Å². The van der Waals surface area contributed by atoms with Gasteiger partial charge in [-0.25, -0.2) is 4.39 Å². The lowest BCUT2D eigenvalue weighted by atomic mass is 10.1. The fourth-order valence-corrected chi connectivity index (χ4v) is 1.94. The molecule has 0 aromatic heterocycles. The van der Waals surface area contributed by atoms with E-state index in [1.807, 2.05) is 24.3 Å². The van der Waals surface area contributed by atoms with Gasteiger partial charge in [0.2, 0.25) is 5.91 Å². The first-order chi connectivity index (χ1) is 9.15. The van der Waals surface area contributed by atoms with Gasteiger partial charge in [0.25, 0.3) is 0 Å². The van der Waals surface area contributed by atoms with Gasteiger partial charge in [-0.3, -0.25) is 4.79 Å². The number of benzene rings is 2. The molecule has 0 radical (unpaired) electrons. The van der Waals surface area contributed by atoms with Crippen molar-refractivity contribution in [3.63, 3.8) is 0 Å². The van der Waals surface area contributed by atoms with Gasteiger partial charge < -0.3 is 5.32 Å². The van der Waals surface area contributed by atoms with Gasteiger partial charge >= 0.3 is 0 Å². The van der Waals surface area contributed by atoms with Crippen molar-refractivity contribution in [2.24, 2.45) is 0 Å². The first kappa shape index (κ1) is 13.7. The summed E-state index contributed by atoms with van der Waals surface area (Å²) >= 11 is 3.35. The third kappa shape index (κ3) is 4.17. The fourth-order valence-electron chi connectivity index (χ4n) is 1.68. The van der Waals surface area contributed by atoms with E-state index in [1.165, 1.54) is 6.07 Å². The zero-order valence-electron chi connectivity index (χ0n) is 10.2. The van der Waals surface area contributed by atoms with Gasteiger partial charge in [-0.05, 0) is 29.3 Å². The number of hydrogen-bond donors (Lipinski definition) is 1. The number of amides is 1. The van der Waals surface area contributed by atoms with Gasteiger partial charge in [0.15, 0.2) is 0 Å². The van der Waals surface area contributed by atoms with E-state index in [0.717, 1.165) is 10.0 Å². The molecule has 0 aliphatic heterocycles. The van der Waals surface area contributed by atoms with Crippen molar-refractivity contribution in [3.8, 4) is 0 Å². The van der Waals surface area contributed by atoms with Crippen molar-refractivity contribution in [1.82, 2.24) is 5.32 Å². The molecule has 0 bridgehead atoms. The van der Waals surface area contributed by atoms with Gasteiger partial charge in [-0.2, -0.15) is 0 Å². The molecule has 2 aromatic carbocycles. The third-order valence-electron chi connectivity index (χ3n) is 2.71. The second-order valence-corrected chi connectivity index (χ2v) is 5.09. The van der Waals surface area contributed by atoms with Gasteiger partial charge in [-0.15, -0.1) is 0 Å². The van der Waals surface area contributed by atoms with Crippen LogP contribution in [0.25, 0.3) is 0 Å². The molecule has 2 nitrogen and oxygen atoms in total. The minimum absolute atomic E-state index is 0.0587. The molecule has 0 atom stereocenters. The van der Waals surface area contributed by atoms with E-state index in [2.05, 4.69) is 21.2 Å². The van der Waals surface area contributed by atoms with E-state index in [1.54, 1.807) is 18.2 Å². The molecular weight excluding hydrogens is 309 g/mol. The molecule has 1 N–H and O–H groups in total. The Bertz CT molecular complexity index is 569. The number of hydrogen-bond acceptors (Lipinski definition) is 1. The maximum Gasteiger partial charge on any atom is 0.224 e. The second kappa shape index (κ2) is 6.48. The van der Waals surface area contributed by atoms with Crippen molar-refractivity contribution in [3.05, 3.63) is 69.9 Å². The maximum absolute atomic E-state index is 13.4. The van der Waals surface area contributed by atoms with E-state index < -0.39 is 0 Å². The highest BCUT2D eigenvalue weighted by molar-refractivity contribution is 9.10. The van der Waals surface area contributed by atoms with Crippen molar-refractivity contribution < 1.29 is 9.18 Å². The maximum atomic E-state index is 13.4. The van der Waals surface area contributed by atoms with E-state index in [-0.39, 0.29) is 18.1 Å². The van der Waals surface area contributed by atoms with Crippen LogP contribution < -0.4 is 5.32 Å². The van der Waals surface area contributed by atoms with Crippen LogP contribution in [0.3, 0.4) is 0 Å². The average molecular weight is 322 g/mol. The largest absolute Gasteiger partial charge is 0.352 e. The predicted octanol–water partition coefficient (Wildman–Crippen LogP) is 3.45. The first-order valence-electron chi connectivity index (χ1n) is 5.90. The first-order valence-corrected chi connectivity index (χ1v) is 6.69. The Morgan fingerprint density at radius 1 is 1.11 bits per heavy atom. The van der Waals surface area contributed by atoms with Gasteiger partial charge in [-0.1, -0.05) is 46.3 Å². The lowest BCUT2D eigenvalue weighted by Gasteiger charge is -2.06. The molecule has 0 unspecified atom stereocenters. The highest BCUT2D eigenvalue weighted by atomic mass is 79.9. The molecule has 0 saturated carbocycles. The van der Waals surface area contributed by atoms with Crippen LogP contribution in [0.4, 0.5) is 4.39 Å². The molecule has 0 fully saturated rings. The Hall–Kier alpha value is -1.68. The molecule has 2 rings (SSSR count). The molecular formula is C15H13BrFNO. The average Bonchev–Trinajstić information content (AvgIpc) is 2.41.